The average molecular weight is 211 g/mol. The Morgan fingerprint density at radius 3 is 2.80 bits per heavy atom. The van der Waals surface area contributed by atoms with Crippen molar-refractivity contribution in [3.8, 4) is 0 Å². The number of aliphatic imine (C=N–C) groups is 1. The molecule has 0 saturated carbocycles. The molecule has 0 aromatic rings. The van der Waals surface area contributed by atoms with Crippen LogP contribution >= 0.6 is 0 Å². The van der Waals surface area contributed by atoms with Gasteiger partial charge in [-0.2, -0.15) is 0 Å². The fraction of sp³-hybridized carbons (Fsp3) is 0.500. The van der Waals surface area contributed by atoms with Crippen molar-refractivity contribution in [2.75, 3.05) is 20.7 Å². The van der Waals surface area contributed by atoms with Gasteiger partial charge in [-0.1, -0.05) is 5.11 Å². The van der Waals surface area contributed by atoms with Gasteiger partial charge in [0.15, 0.2) is 0 Å². The molecule has 0 bridgehead atoms. The third kappa shape index (κ3) is 6.11. The van der Waals surface area contributed by atoms with E-state index in [2.05, 4.69) is 19.8 Å². The number of nitrogens with zero attached hydrogens (tertiary/aromatic N) is 4. The maximum atomic E-state index is 10.8. The van der Waals surface area contributed by atoms with E-state index < -0.39 is 5.97 Å². The van der Waals surface area contributed by atoms with Crippen LogP contribution in [0.2, 0.25) is 0 Å². The van der Waals surface area contributed by atoms with Crippen LogP contribution < -0.4 is 5.73 Å². The highest BCUT2D eigenvalue weighted by Crippen LogP contribution is 1.96. The Balaban J connectivity index is 4.42. The lowest BCUT2D eigenvalue weighted by Gasteiger charge is -2.00. The molecule has 0 heterocycles. The second kappa shape index (κ2) is 7.40. The molecule has 0 spiro atoms. The van der Waals surface area contributed by atoms with E-state index in [4.69, 9.17) is 11.3 Å². The van der Waals surface area contributed by atoms with Gasteiger partial charge in [0.1, 0.15) is 0 Å². The van der Waals surface area contributed by atoms with E-state index in [0.29, 0.717) is 11.4 Å². The molecule has 0 aromatic heterocycles. The van der Waals surface area contributed by atoms with Gasteiger partial charge < -0.3 is 10.5 Å². The molecule has 0 aromatic carbocycles. The molecule has 0 unspecified atom stereocenters. The molecular formula is C8H13N5O2. The fourth-order valence-corrected chi connectivity index (χ4v) is 0.789. The number of azide groups is 1. The first-order valence-corrected chi connectivity index (χ1v) is 4.13. The van der Waals surface area contributed by atoms with Crippen LogP contribution in [0.25, 0.3) is 10.4 Å². The van der Waals surface area contributed by atoms with Gasteiger partial charge in [-0.25, -0.2) is 0 Å². The Bertz CT molecular complexity index is 328. The summed E-state index contributed by atoms with van der Waals surface area (Å²) in [5, 5.41) is 3.33. The minimum absolute atomic E-state index is 0.00815. The molecular weight excluding hydrogens is 198 g/mol. The van der Waals surface area contributed by atoms with Gasteiger partial charge >= 0.3 is 5.97 Å². The largest absolute Gasteiger partial charge is 0.469 e. The van der Waals surface area contributed by atoms with Crippen molar-refractivity contribution in [1.29, 1.82) is 0 Å². The first kappa shape index (κ1) is 13.0. The first-order valence-electron chi connectivity index (χ1n) is 4.13. The van der Waals surface area contributed by atoms with Crippen molar-refractivity contribution >= 4 is 11.7 Å². The van der Waals surface area contributed by atoms with Crippen LogP contribution in [-0.4, -0.2) is 32.4 Å². The number of rotatable bonds is 5. The van der Waals surface area contributed by atoms with Crippen LogP contribution in [0.5, 0.6) is 0 Å². The third-order valence-corrected chi connectivity index (χ3v) is 1.51. The topological polar surface area (TPSA) is 113 Å². The monoisotopic (exact) mass is 211 g/mol. The summed E-state index contributed by atoms with van der Waals surface area (Å²) in [6, 6.07) is 0. The highest BCUT2D eigenvalue weighted by atomic mass is 16.5. The number of methoxy groups -OCH3 is 1. The maximum Gasteiger partial charge on any atom is 0.311 e. The van der Waals surface area contributed by atoms with E-state index in [1.54, 1.807) is 7.05 Å². The lowest BCUT2D eigenvalue weighted by molar-refractivity contribution is -0.139. The zero-order valence-electron chi connectivity index (χ0n) is 8.67. The maximum absolute atomic E-state index is 10.8. The Morgan fingerprint density at radius 2 is 2.33 bits per heavy atom. The zero-order chi connectivity index (χ0) is 11.7. The van der Waals surface area contributed by atoms with E-state index in [0.717, 1.165) is 0 Å². The Labute approximate surface area is 87.2 Å². The van der Waals surface area contributed by atoms with Gasteiger partial charge in [-0.3, -0.25) is 9.79 Å². The minimum Gasteiger partial charge on any atom is -0.469 e. The van der Waals surface area contributed by atoms with Gasteiger partial charge in [0.25, 0.3) is 0 Å². The summed E-state index contributed by atoms with van der Waals surface area (Å²) in [5.41, 5.74) is 14.5. The number of hydrogen-bond donors (Lipinski definition) is 1. The molecule has 82 valence electrons. The van der Waals surface area contributed by atoms with E-state index in [-0.39, 0.29) is 13.0 Å². The molecule has 2 N–H and O–H groups in total. The molecule has 15 heavy (non-hydrogen) atoms. The molecule has 0 aliphatic carbocycles. The van der Waals surface area contributed by atoms with Gasteiger partial charge in [-0.15, -0.1) is 0 Å². The summed E-state index contributed by atoms with van der Waals surface area (Å²) in [6.07, 6.45) is 1.48. The summed E-state index contributed by atoms with van der Waals surface area (Å²) in [5.74, 6) is -0.428. The highest BCUT2D eigenvalue weighted by molar-refractivity contribution is 5.97. The third-order valence-electron chi connectivity index (χ3n) is 1.51. The van der Waals surface area contributed by atoms with E-state index >= 15 is 0 Å². The summed E-state index contributed by atoms with van der Waals surface area (Å²) < 4.78 is 4.44. The number of ether oxygens (including phenoxy) is 1. The second-order valence-electron chi connectivity index (χ2n) is 2.58. The van der Waals surface area contributed by atoms with Crippen molar-refractivity contribution in [3.05, 3.63) is 22.2 Å². The average Bonchev–Trinajstić information content (AvgIpc) is 2.23. The molecule has 0 atom stereocenters. The second-order valence-corrected chi connectivity index (χ2v) is 2.58. The smallest absolute Gasteiger partial charge is 0.311 e. The normalized spacial score (nSPS) is 11.9. The molecule has 0 rings (SSSR count). The predicted octanol–water partition coefficient (Wildman–Crippen LogP) is 0.773. The highest BCUT2D eigenvalue weighted by Gasteiger charge is 2.03. The summed E-state index contributed by atoms with van der Waals surface area (Å²) in [7, 11) is 2.83. The molecule has 7 nitrogen and oxygen atoms in total. The van der Waals surface area contributed by atoms with Crippen molar-refractivity contribution < 1.29 is 9.53 Å². The van der Waals surface area contributed by atoms with E-state index in [9.17, 15) is 4.79 Å². The molecule has 0 radical (unpaired) electrons. The predicted molar refractivity (Wildman–Crippen MR) is 56.3 cm³/mol. The van der Waals surface area contributed by atoms with Crippen molar-refractivity contribution in [1.82, 2.24) is 0 Å². The number of carbonyl (C=O) groups is 1. The lowest BCUT2D eigenvalue weighted by atomic mass is 10.2. The van der Waals surface area contributed by atoms with Crippen LogP contribution in [0.4, 0.5) is 0 Å². The van der Waals surface area contributed by atoms with E-state index in [1.807, 2.05) is 0 Å². The van der Waals surface area contributed by atoms with Crippen molar-refractivity contribution in [3.63, 3.8) is 0 Å². The lowest BCUT2D eigenvalue weighted by Crippen LogP contribution is -2.10. The zero-order valence-corrected chi connectivity index (χ0v) is 8.67. The standard InChI is InChI=1S/C8H13N5O2/c1-11-7(5-12-13-10)3-6(9)4-8(14)15-2/h3H,4-5,9H2,1-2H3. The molecule has 0 aliphatic rings. The fourth-order valence-electron chi connectivity index (χ4n) is 0.789. The number of nitrogens with two attached hydrogens (primary N) is 1. The SMILES string of the molecule is CN=C(C=C(N)CC(=O)OC)CN=[N+]=[N-]. The van der Waals surface area contributed by atoms with Gasteiger partial charge in [0.2, 0.25) is 0 Å². The van der Waals surface area contributed by atoms with E-state index in [1.165, 1.54) is 13.2 Å². The number of esters is 1. The molecule has 0 fully saturated rings. The quantitative estimate of drug-likeness (QED) is 0.238. The van der Waals surface area contributed by atoms with Crippen LogP contribution in [0.1, 0.15) is 6.42 Å². The van der Waals surface area contributed by atoms with Crippen molar-refractivity contribution in [2.45, 2.75) is 6.42 Å². The Morgan fingerprint density at radius 1 is 1.67 bits per heavy atom. The summed E-state index contributed by atoms with van der Waals surface area (Å²) in [4.78, 5) is 17.3. The number of carbonyl (C=O) groups excluding carboxylic acids is 1. The van der Waals surface area contributed by atoms with Gasteiger partial charge in [0.05, 0.1) is 20.1 Å². The molecule has 7 heteroatoms. The Hall–Kier alpha value is -2.01. The summed E-state index contributed by atoms with van der Waals surface area (Å²) >= 11 is 0. The van der Waals surface area contributed by atoms with Gasteiger partial charge in [-0.05, 0) is 11.6 Å². The summed E-state index contributed by atoms with van der Waals surface area (Å²) in [6.45, 7) is 0.106. The van der Waals surface area contributed by atoms with Crippen molar-refractivity contribution in [2.24, 2.45) is 15.8 Å². The van der Waals surface area contributed by atoms with Crippen LogP contribution in [-0.2, 0) is 9.53 Å². The molecule has 0 aliphatic heterocycles. The molecule has 0 amide bonds. The Kier molecular flexibility index (Phi) is 6.41. The van der Waals surface area contributed by atoms with Crippen LogP contribution in [0.15, 0.2) is 21.9 Å². The first-order chi connectivity index (χ1) is 7.13. The molecule has 0 saturated heterocycles. The number of hydrogen-bond acceptors (Lipinski definition) is 5. The minimum atomic E-state index is -0.428. The van der Waals surface area contributed by atoms with Gasteiger partial charge in [0, 0.05) is 23.4 Å². The van der Waals surface area contributed by atoms with Crippen LogP contribution in [0.3, 0.4) is 0 Å². The van der Waals surface area contributed by atoms with Crippen LogP contribution in [0, 0.1) is 0 Å².